The first kappa shape index (κ1) is 38.8. The Morgan fingerprint density at radius 3 is 1.87 bits per heavy atom. The normalized spacial score (nSPS) is 15.0. The molecule has 0 saturated heterocycles. The van der Waals surface area contributed by atoms with E-state index in [0.717, 1.165) is 94.5 Å². The standard InChI is InChI=1S/C57H35N3O2.U/c1-4-13-36(14-5-1)38-23-25-40(26-24-38)44-33-48(43-31-32-46-45-19-10-11-21-50(45)61-52(46)35-43)54-49(34-44)53-47(20-12-22-51(53)62-54)57-59-55(41-17-8-3-9-18-41)58-56(60-57)42-29-27-39(28-30-42)37-15-6-2-7-16-37;/h1-13,15-23,25-35,51,53H;/q-2;+2. The molecular weight excluding hydrogens is 997 g/mol. The molecule has 0 saturated carbocycles. The summed E-state index contributed by atoms with van der Waals surface area (Å²) in [5.41, 5.74) is 14.0. The van der Waals surface area contributed by atoms with Crippen LogP contribution in [-0.2, 0) is 0 Å². The fourth-order valence-corrected chi connectivity index (χ4v) is 8.88. The van der Waals surface area contributed by atoms with Crippen LogP contribution in [0.4, 0.5) is 0 Å². The van der Waals surface area contributed by atoms with Gasteiger partial charge in [-0.1, -0.05) is 139 Å². The van der Waals surface area contributed by atoms with E-state index in [1.165, 1.54) is 0 Å². The third-order valence-electron chi connectivity index (χ3n) is 12.0. The number of nitrogens with zero attached hydrogens (tertiary/aromatic N) is 3. The fourth-order valence-electron chi connectivity index (χ4n) is 8.88. The number of rotatable bonds is 7. The minimum Gasteiger partial charge on any atom is -0.484 e. The van der Waals surface area contributed by atoms with Gasteiger partial charge >= 0.3 is 31.1 Å². The van der Waals surface area contributed by atoms with E-state index in [0.29, 0.717) is 17.5 Å². The summed E-state index contributed by atoms with van der Waals surface area (Å²) >= 11 is 0. The van der Waals surface area contributed by atoms with Crippen LogP contribution in [0.15, 0.2) is 205 Å². The summed E-state index contributed by atoms with van der Waals surface area (Å²) in [6.45, 7) is 0. The monoisotopic (exact) mass is 1030 g/mol. The summed E-state index contributed by atoms with van der Waals surface area (Å²) in [7, 11) is 0. The number of furan rings is 1. The van der Waals surface area contributed by atoms with E-state index < -0.39 is 0 Å². The average Bonchev–Trinajstić information content (AvgIpc) is 3.93. The Bertz CT molecular complexity index is 3360. The molecule has 2 aliphatic rings. The molecule has 2 aromatic heterocycles. The smallest absolute Gasteiger partial charge is 0.484 e. The van der Waals surface area contributed by atoms with Gasteiger partial charge in [0.05, 0.1) is 5.92 Å². The van der Waals surface area contributed by atoms with Crippen molar-refractivity contribution in [2.24, 2.45) is 0 Å². The van der Waals surface area contributed by atoms with E-state index in [4.69, 9.17) is 24.1 Å². The minimum atomic E-state index is -0.276. The number of hydrogen-bond acceptors (Lipinski definition) is 5. The van der Waals surface area contributed by atoms with Crippen molar-refractivity contribution in [2.75, 3.05) is 0 Å². The predicted molar refractivity (Wildman–Crippen MR) is 248 cm³/mol. The number of para-hydroxylation sites is 1. The number of ether oxygens (including phenoxy) is 1. The number of allylic oxidation sites excluding steroid dienone is 2. The van der Waals surface area contributed by atoms with Crippen LogP contribution in [0.2, 0.25) is 0 Å². The van der Waals surface area contributed by atoms with Crippen molar-refractivity contribution >= 4 is 27.5 Å². The Balaban J connectivity index is 0.00000444. The third kappa shape index (κ3) is 7.12. The zero-order valence-corrected chi connectivity index (χ0v) is 38.0. The summed E-state index contributed by atoms with van der Waals surface area (Å²) in [4.78, 5) is 15.5. The van der Waals surface area contributed by atoms with E-state index in [9.17, 15) is 0 Å². The number of fused-ring (bicyclic) bond motifs is 6. The molecule has 12 rings (SSSR count). The van der Waals surface area contributed by atoms with Gasteiger partial charge in [-0.15, -0.1) is 23.8 Å². The van der Waals surface area contributed by atoms with Crippen molar-refractivity contribution < 1.29 is 40.3 Å². The molecule has 10 aromatic rings. The summed E-state index contributed by atoms with van der Waals surface area (Å²) < 4.78 is 13.4. The Labute approximate surface area is 388 Å². The molecule has 0 spiro atoms. The maximum absolute atomic E-state index is 7.03. The van der Waals surface area contributed by atoms with Crippen molar-refractivity contribution in [2.45, 2.75) is 12.0 Å². The summed E-state index contributed by atoms with van der Waals surface area (Å²) in [6.07, 6.45) is 6.07. The molecule has 3 heterocycles. The molecule has 8 aromatic carbocycles. The van der Waals surface area contributed by atoms with Gasteiger partial charge in [-0.05, 0) is 41.0 Å². The van der Waals surface area contributed by atoms with Gasteiger partial charge in [-0.3, -0.25) is 0 Å². The first-order valence-corrected chi connectivity index (χ1v) is 20.8. The zero-order chi connectivity index (χ0) is 41.0. The van der Waals surface area contributed by atoms with Gasteiger partial charge in [0.2, 0.25) is 0 Å². The number of benzene rings is 8. The zero-order valence-electron chi connectivity index (χ0n) is 33.9. The van der Waals surface area contributed by atoms with E-state index in [1.54, 1.807) is 0 Å². The predicted octanol–water partition coefficient (Wildman–Crippen LogP) is 13.9. The quantitative estimate of drug-likeness (QED) is 0.149. The Morgan fingerprint density at radius 2 is 1.11 bits per heavy atom. The Morgan fingerprint density at radius 1 is 0.476 bits per heavy atom. The molecule has 2 atom stereocenters. The molecule has 63 heavy (non-hydrogen) atoms. The molecule has 294 valence electrons. The van der Waals surface area contributed by atoms with Crippen LogP contribution in [0.3, 0.4) is 0 Å². The van der Waals surface area contributed by atoms with Gasteiger partial charge in [0, 0.05) is 38.6 Å². The van der Waals surface area contributed by atoms with E-state index in [1.807, 2.05) is 72.8 Å². The molecular formula is C57H35N3O2U. The molecule has 0 N–H and O–H groups in total. The second-order valence-electron chi connectivity index (χ2n) is 15.7. The molecule has 0 fully saturated rings. The van der Waals surface area contributed by atoms with Crippen molar-refractivity contribution in [1.29, 1.82) is 0 Å². The van der Waals surface area contributed by atoms with Crippen LogP contribution >= 0.6 is 0 Å². The van der Waals surface area contributed by atoms with Gasteiger partial charge < -0.3 is 9.15 Å². The summed E-state index contributed by atoms with van der Waals surface area (Å²) in [6, 6.07) is 69.4. The molecule has 1 aliphatic heterocycles. The maximum Gasteiger partial charge on any atom is 2.00 e. The summed E-state index contributed by atoms with van der Waals surface area (Å²) in [5, 5.41) is 2.18. The van der Waals surface area contributed by atoms with Crippen molar-refractivity contribution in [3.05, 3.63) is 224 Å². The topological polar surface area (TPSA) is 61.0 Å². The van der Waals surface area contributed by atoms with Gasteiger partial charge in [-0.25, -0.2) is 26.1 Å². The van der Waals surface area contributed by atoms with Crippen LogP contribution in [-0.4, -0.2) is 21.1 Å². The second kappa shape index (κ2) is 16.3. The van der Waals surface area contributed by atoms with Gasteiger partial charge in [0.15, 0.2) is 17.5 Å². The van der Waals surface area contributed by atoms with Crippen molar-refractivity contribution in [1.82, 2.24) is 15.0 Å². The summed E-state index contributed by atoms with van der Waals surface area (Å²) in [5.74, 6) is 2.49. The van der Waals surface area contributed by atoms with Crippen LogP contribution in [0.5, 0.6) is 5.75 Å². The van der Waals surface area contributed by atoms with Crippen molar-refractivity contribution in [3.8, 4) is 73.0 Å². The molecule has 0 amide bonds. The number of aromatic nitrogens is 3. The molecule has 0 radical (unpaired) electrons. The average molecular weight is 1030 g/mol. The maximum atomic E-state index is 7.03. The SMILES string of the molecule is [U+2].[c-]1ccccc1-c1[c-]cc(-c2cc(-c3ccc4c(c3)oc3ccccc34)c3c(c2)C2C(c4nc(-c5ccccc5)nc(-c5ccc(-c6ccccc6)cc5)n4)=CC=CC2O3)cc1. The molecule has 2 unspecified atom stereocenters. The molecule has 6 heteroatoms. The molecule has 1 aliphatic carbocycles. The minimum absolute atomic E-state index is 0. The first-order chi connectivity index (χ1) is 30.7. The second-order valence-corrected chi connectivity index (χ2v) is 15.7. The van der Waals surface area contributed by atoms with E-state index in [2.05, 4.69) is 140 Å². The fraction of sp³-hybridized carbons (Fsp3) is 0.0351. The van der Waals surface area contributed by atoms with E-state index in [-0.39, 0.29) is 43.1 Å². The van der Waals surface area contributed by atoms with Crippen LogP contribution in [0.1, 0.15) is 17.3 Å². The largest absolute Gasteiger partial charge is 2.00 e. The van der Waals surface area contributed by atoms with Gasteiger partial charge in [0.1, 0.15) is 23.0 Å². The Hall–Kier alpha value is -7.10. The van der Waals surface area contributed by atoms with Gasteiger partial charge in [-0.2, -0.15) is 36.4 Å². The Kier molecular flexibility index (Phi) is 10.0. The van der Waals surface area contributed by atoms with Crippen LogP contribution in [0, 0.1) is 43.2 Å². The van der Waals surface area contributed by atoms with E-state index >= 15 is 0 Å². The van der Waals surface area contributed by atoms with Crippen LogP contribution in [0.25, 0.3) is 94.8 Å². The van der Waals surface area contributed by atoms with Crippen molar-refractivity contribution in [3.63, 3.8) is 0 Å². The number of hydrogen-bond donors (Lipinski definition) is 0. The van der Waals surface area contributed by atoms with Gasteiger partial charge in [0.25, 0.3) is 0 Å². The molecule has 5 nitrogen and oxygen atoms in total. The molecule has 0 bridgehead atoms. The van der Waals surface area contributed by atoms with Crippen LogP contribution < -0.4 is 4.74 Å². The third-order valence-corrected chi connectivity index (χ3v) is 12.0. The first-order valence-electron chi connectivity index (χ1n) is 20.8.